The quantitative estimate of drug-likeness (QED) is 0.508. The second-order valence-electron chi connectivity index (χ2n) is 4.13. The molecule has 1 saturated heterocycles. The number of rotatable bonds is 3. The van der Waals surface area contributed by atoms with Crippen LogP contribution >= 0.6 is 28.1 Å². The molecule has 1 aromatic rings. The molecular formula is C12H15BrN4S. The third-order valence-electron chi connectivity index (χ3n) is 2.82. The van der Waals surface area contributed by atoms with E-state index in [0.29, 0.717) is 0 Å². The van der Waals surface area contributed by atoms with Crippen LogP contribution in [-0.2, 0) is 0 Å². The van der Waals surface area contributed by atoms with Crippen molar-refractivity contribution in [1.82, 2.24) is 5.43 Å². The van der Waals surface area contributed by atoms with Gasteiger partial charge in [0.25, 0.3) is 0 Å². The van der Waals surface area contributed by atoms with Crippen LogP contribution in [0, 0.1) is 0 Å². The number of anilines is 1. The van der Waals surface area contributed by atoms with Crippen LogP contribution in [-0.4, -0.2) is 24.4 Å². The molecule has 0 aromatic heterocycles. The van der Waals surface area contributed by atoms with Crippen molar-refractivity contribution in [2.45, 2.75) is 12.8 Å². The second kappa shape index (κ2) is 6.15. The molecule has 0 amide bonds. The van der Waals surface area contributed by atoms with Crippen LogP contribution in [0.15, 0.2) is 27.8 Å². The molecular weight excluding hydrogens is 312 g/mol. The van der Waals surface area contributed by atoms with Gasteiger partial charge in [0.2, 0.25) is 0 Å². The van der Waals surface area contributed by atoms with Gasteiger partial charge >= 0.3 is 0 Å². The molecule has 1 aliphatic heterocycles. The van der Waals surface area contributed by atoms with Gasteiger partial charge in [-0.25, -0.2) is 0 Å². The lowest BCUT2D eigenvalue weighted by atomic mass is 10.2. The topological polar surface area (TPSA) is 53.6 Å². The molecule has 0 atom stereocenters. The van der Waals surface area contributed by atoms with Crippen molar-refractivity contribution in [3.05, 3.63) is 28.2 Å². The molecule has 1 heterocycles. The van der Waals surface area contributed by atoms with Crippen molar-refractivity contribution in [2.24, 2.45) is 10.8 Å². The number of nitrogens with zero attached hydrogens (tertiary/aromatic N) is 2. The van der Waals surface area contributed by atoms with E-state index in [-0.39, 0.29) is 5.11 Å². The van der Waals surface area contributed by atoms with E-state index in [9.17, 15) is 0 Å². The normalized spacial score (nSPS) is 15.3. The average molecular weight is 327 g/mol. The average Bonchev–Trinajstić information content (AvgIpc) is 2.84. The van der Waals surface area contributed by atoms with Crippen molar-refractivity contribution in [2.75, 3.05) is 18.0 Å². The van der Waals surface area contributed by atoms with Gasteiger partial charge in [0, 0.05) is 28.8 Å². The van der Waals surface area contributed by atoms with Gasteiger partial charge in [-0.1, -0.05) is 22.0 Å². The van der Waals surface area contributed by atoms with Crippen molar-refractivity contribution in [1.29, 1.82) is 0 Å². The Balaban J connectivity index is 2.22. The zero-order valence-electron chi connectivity index (χ0n) is 9.90. The summed E-state index contributed by atoms with van der Waals surface area (Å²) >= 11 is 8.21. The highest BCUT2D eigenvalue weighted by atomic mass is 79.9. The first-order valence-corrected chi connectivity index (χ1v) is 7.00. The van der Waals surface area contributed by atoms with Crippen LogP contribution < -0.4 is 16.1 Å². The largest absolute Gasteiger partial charge is 0.375 e. The molecule has 0 aliphatic carbocycles. The first-order valence-electron chi connectivity index (χ1n) is 5.80. The minimum atomic E-state index is 0.172. The summed E-state index contributed by atoms with van der Waals surface area (Å²) < 4.78 is 1.07. The smallest absolute Gasteiger partial charge is 0.184 e. The maximum atomic E-state index is 5.33. The molecule has 18 heavy (non-hydrogen) atoms. The summed E-state index contributed by atoms with van der Waals surface area (Å²) in [6.07, 6.45) is 4.24. The Morgan fingerprint density at radius 1 is 1.44 bits per heavy atom. The van der Waals surface area contributed by atoms with E-state index in [2.05, 4.69) is 37.4 Å². The van der Waals surface area contributed by atoms with Gasteiger partial charge in [0.1, 0.15) is 0 Å². The number of nitrogens with one attached hydrogen (secondary N) is 1. The monoisotopic (exact) mass is 326 g/mol. The molecule has 96 valence electrons. The minimum Gasteiger partial charge on any atom is -0.375 e. The first kappa shape index (κ1) is 13.3. The second-order valence-corrected chi connectivity index (χ2v) is 5.49. The van der Waals surface area contributed by atoms with Gasteiger partial charge in [0.15, 0.2) is 5.11 Å². The van der Waals surface area contributed by atoms with Crippen LogP contribution in [0.1, 0.15) is 18.4 Å². The van der Waals surface area contributed by atoms with Gasteiger partial charge in [-0.15, -0.1) is 0 Å². The summed E-state index contributed by atoms with van der Waals surface area (Å²) in [6.45, 7) is 2.19. The van der Waals surface area contributed by atoms with Gasteiger partial charge in [-0.05, 0) is 37.2 Å². The fourth-order valence-corrected chi connectivity index (χ4v) is 2.43. The summed E-state index contributed by atoms with van der Waals surface area (Å²) in [5.41, 5.74) is 10.2. The Morgan fingerprint density at radius 3 is 2.83 bits per heavy atom. The molecule has 1 aromatic carbocycles. The minimum absolute atomic E-state index is 0.172. The molecule has 6 heteroatoms. The fourth-order valence-electron chi connectivity index (χ4n) is 2.02. The highest BCUT2D eigenvalue weighted by molar-refractivity contribution is 9.10. The number of halogens is 1. The van der Waals surface area contributed by atoms with Crippen LogP contribution in [0.25, 0.3) is 0 Å². The molecule has 3 N–H and O–H groups in total. The summed E-state index contributed by atoms with van der Waals surface area (Å²) in [5.74, 6) is 0. The lowest BCUT2D eigenvalue weighted by Crippen LogP contribution is -2.24. The maximum absolute atomic E-state index is 5.33. The number of hydrazone groups is 1. The maximum Gasteiger partial charge on any atom is 0.184 e. The van der Waals surface area contributed by atoms with E-state index in [1.54, 1.807) is 6.21 Å². The number of hydrogen-bond acceptors (Lipinski definition) is 3. The van der Waals surface area contributed by atoms with Crippen LogP contribution in [0.3, 0.4) is 0 Å². The van der Waals surface area contributed by atoms with E-state index < -0.39 is 0 Å². The molecule has 1 aliphatic rings. The van der Waals surface area contributed by atoms with Crippen molar-refractivity contribution in [3.8, 4) is 0 Å². The fraction of sp³-hybridized carbons (Fsp3) is 0.333. The molecule has 0 unspecified atom stereocenters. The van der Waals surface area contributed by atoms with Gasteiger partial charge in [0.05, 0.1) is 6.21 Å². The third-order valence-corrected chi connectivity index (χ3v) is 3.40. The third kappa shape index (κ3) is 3.43. The van der Waals surface area contributed by atoms with Crippen molar-refractivity contribution >= 4 is 45.2 Å². The molecule has 0 saturated carbocycles. The predicted molar refractivity (Wildman–Crippen MR) is 83.1 cm³/mol. The molecule has 4 nitrogen and oxygen atoms in total. The van der Waals surface area contributed by atoms with E-state index in [0.717, 1.165) is 23.1 Å². The van der Waals surface area contributed by atoms with Gasteiger partial charge in [-0.2, -0.15) is 5.10 Å². The Bertz CT molecular complexity index is 469. The van der Waals surface area contributed by atoms with Crippen LogP contribution in [0.5, 0.6) is 0 Å². The summed E-state index contributed by atoms with van der Waals surface area (Å²) in [5, 5.41) is 4.19. The number of benzene rings is 1. The Morgan fingerprint density at radius 2 is 2.17 bits per heavy atom. The van der Waals surface area contributed by atoms with Crippen LogP contribution in [0.2, 0.25) is 0 Å². The highest BCUT2D eigenvalue weighted by Crippen LogP contribution is 2.27. The van der Waals surface area contributed by atoms with Crippen molar-refractivity contribution in [3.63, 3.8) is 0 Å². The molecule has 1 fully saturated rings. The SMILES string of the molecule is NC(=S)NN=Cc1ccc(Br)cc1N1CCCC1. The lowest BCUT2D eigenvalue weighted by Gasteiger charge is -2.20. The molecule has 2 rings (SSSR count). The predicted octanol–water partition coefficient (Wildman–Crippen LogP) is 2.22. The highest BCUT2D eigenvalue weighted by Gasteiger charge is 2.15. The molecule has 0 bridgehead atoms. The number of thiocarbonyl (C=S) groups is 1. The summed E-state index contributed by atoms with van der Waals surface area (Å²) in [7, 11) is 0. The Labute approximate surface area is 120 Å². The molecule has 0 radical (unpaired) electrons. The van der Waals surface area contributed by atoms with Gasteiger partial charge < -0.3 is 10.6 Å². The number of nitrogens with two attached hydrogens (primary N) is 1. The Kier molecular flexibility index (Phi) is 4.54. The summed E-state index contributed by atoms with van der Waals surface area (Å²) in [6, 6.07) is 6.15. The summed E-state index contributed by atoms with van der Waals surface area (Å²) in [4.78, 5) is 2.37. The van der Waals surface area contributed by atoms with Crippen molar-refractivity contribution < 1.29 is 0 Å². The first-order chi connectivity index (χ1) is 8.66. The molecule has 0 spiro atoms. The van der Waals surface area contributed by atoms with E-state index in [1.165, 1.54) is 18.5 Å². The van der Waals surface area contributed by atoms with Gasteiger partial charge in [-0.3, -0.25) is 5.43 Å². The van der Waals surface area contributed by atoms with E-state index >= 15 is 0 Å². The Hall–Kier alpha value is -1.14. The van der Waals surface area contributed by atoms with E-state index in [1.807, 2.05) is 12.1 Å². The lowest BCUT2D eigenvalue weighted by molar-refractivity contribution is 0.949. The zero-order valence-corrected chi connectivity index (χ0v) is 12.3. The van der Waals surface area contributed by atoms with Crippen LogP contribution in [0.4, 0.5) is 5.69 Å². The number of hydrogen-bond donors (Lipinski definition) is 2. The van der Waals surface area contributed by atoms with E-state index in [4.69, 9.17) is 18.0 Å². The standard InChI is InChI=1S/C12H15BrN4S/c13-10-4-3-9(8-15-16-12(14)18)11(7-10)17-5-1-2-6-17/h3-4,7-8H,1-2,5-6H2,(H3,14,16,18). The zero-order chi connectivity index (χ0) is 13.0.